The predicted octanol–water partition coefficient (Wildman–Crippen LogP) is 5.36. The Morgan fingerprint density at radius 3 is 2.31 bits per heavy atom. The van der Waals surface area contributed by atoms with Gasteiger partial charge in [-0.15, -0.1) is 0 Å². The second-order valence-corrected chi connectivity index (χ2v) is 11.0. The van der Waals surface area contributed by atoms with Crippen LogP contribution in [0.1, 0.15) is 20.3 Å². The normalized spacial score (nSPS) is 16.6. The number of fused-ring (bicyclic) bond motifs is 1. The van der Waals surface area contributed by atoms with Crippen LogP contribution in [0.5, 0.6) is 28.7 Å². The molecule has 238 valence electrons. The number of amides is 1. The Morgan fingerprint density at radius 1 is 0.978 bits per heavy atom. The summed E-state index contributed by atoms with van der Waals surface area (Å²) in [5, 5.41) is 6.76. The number of methoxy groups -OCH3 is 1. The van der Waals surface area contributed by atoms with Crippen LogP contribution >= 0.6 is 0 Å². The van der Waals surface area contributed by atoms with Crippen LogP contribution in [0.2, 0.25) is 0 Å². The zero-order valence-corrected chi connectivity index (χ0v) is 26.2. The largest absolute Gasteiger partial charge is 0.493 e. The van der Waals surface area contributed by atoms with Gasteiger partial charge in [0.25, 0.3) is 5.91 Å². The fourth-order valence-corrected chi connectivity index (χ4v) is 5.28. The molecule has 1 fully saturated rings. The molecule has 45 heavy (non-hydrogen) atoms. The third kappa shape index (κ3) is 8.46. The lowest BCUT2D eigenvalue weighted by Gasteiger charge is -2.35. The van der Waals surface area contributed by atoms with Gasteiger partial charge in [-0.1, -0.05) is 0 Å². The number of morpholine rings is 1. The molecule has 1 amide bonds. The van der Waals surface area contributed by atoms with E-state index in [0.29, 0.717) is 41.0 Å². The monoisotopic (exact) mass is 615 g/mol. The van der Waals surface area contributed by atoms with Crippen molar-refractivity contribution in [1.29, 1.82) is 0 Å². The lowest BCUT2D eigenvalue weighted by molar-refractivity contribution is -0.122. The summed E-state index contributed by atoms with van der Waals surface area (Å²) in [6, 6.07) is 18.4. The van der Waals surface area contributed by atoms with Crippen molar-refractivity contribution >= 4 is 33.9 Å². The van der Waals surface area contributed by atoms with Crippen molar-refractivity contribution < 1.29 is 28.5 Å². The molecule has 1 aliphatic rings. The maximum absolute atomic E-state index is 11.4. The maximum atomic E-state index is 11.4. The fourth-order valence-electron chi connectivity index (χ4n) is 5.28. The number of ether oxygens (including phenoxy) is 5. The number of carbonyl (C=O) groups excluding carboxylic acids is 1. The second-order valence-electron chi connectivity index (χ2n) is 11.0. The minimum atomic E-state index is -0.196. The molecular weight excluding hydrogens is 574 g/mol. The summed E-state index contributed by atoms with van der Waals surface area (Å²) in [6.07, 6.45) is 3.02. The summed E-state index contributed by atoms with van der Waals surface area (Å²) >= 11 is 0. The first kappa shape index (κ1) is 31.7. The summed E-state index contributed by atoms with van der Waals surface area (Å²) < 4.78 is 29.1. The number of anilines is 3. The Bertz CT molecular complexity index is 1570. The molecule has 4 N–H and O–H groups in total. The molecule has 0 bridgehead atoms. The molecule has 0 radical (unpaired) electrons. The number of aromatic nitrogens is 1. The van der Waals surface area contributed by atoms with Crippen LogP contribution in [0.25, 0.3) is 10.9 Å². The molecule has 0 spiro atoms. The number of nitrogens with one attached hydrogen (secondary N) is 2. The highest BCUT2D eigenvalue weighted by Gasteiger charge is 2.21. The Balaban J connectivity index is 1.22. The first-order chi connectivity index (χ1) is 21.8. The van der Waals surface area contributed by atoms with Crippen molar-refractivity contribution in [3.63, 3.8) is 0 Å². The van der Waals surface area contributed by atoms with E-state index in [2.05, 4.69) is 34.4 Å². The second kappa shape index (κ2) is 14.8. The van der Waals surface area contributed by atoms with Gasteiger partial charge >= 0.3 is 0 Å². The van der Waals surface area contributed by atoms with E-state index in [4.69, 9.17) is 29.4 Å². The number of rotatable bonds is 13. The lowest BCUT2D eigenvalue weighted by Crippen LogP contribution is -2.45. The molecule has 2 heterocycles. The van der Waals surface area contributed by atoms with Crippen molar-refractivity contribution in [2.45, 2.75) is 32.5 Å². The molecule has 5 rings (SSSR count). The summed E-state index contributed by atoms with van der Waals surface area (Å²) in [5.74, 6) is 2.94. The predicted molar refractivity (Wildman–Crippen MR) is 175 cm³/mol. The van der Waals surface area contributed by atoms with Gasteiger partial charge in [-0.2, -0.15) is 0 Å². The number of hydrogen-bond acceptors (Lipinski definition) is 10. The highest BCUT2D eigenvalue weighted by molar-refractivity contribution is 6.00. The molecule has 1 aliphatic heterocycles. The van der Waals surface area contributed by atoms with Crippen LogP contribution in [-0.4, -0.2) is 75.0 Å². The molecule has 1 aromatic heterocycles. The highest BCUT2D eigenvalue weighted by atomic mass is 16.5. The van der Waals surface area contributed by atoms with Gasteiger partial charge in [-0.25, -0.2) is 0 Å². The summed E-state index contributed by atoms with van der Waals surface area (Å²) in [6.45, 7) is 7.57. The first-order valence-corrected chi connectivity index (χ1v) is 15.1. The highest BCUT2D eigenvalue weighted by Crippen LogP contribution is 2.38. The lowest BCUT2D eigenvalue weighted by atomic mass is 10.1. The number of nitrogens with two attached hydrogens (primary N) is 1. The van der Waals surface area contributed by atoms with Crippen molar-refractivity contribution in [1.82, 2.24) is 15.2 Å². The van der Waals surface area contributed by atoms with Gasteiger partial charge < -0.3 is 40.1 Å². The summed E-state index contributed by atoms with van der Waals surface area (Å²) in [4.78, 5) is 18.4. The van der Waals surface area contributed by atoms with Crippen LogP contribution in [-0.2, 0) is 9.53 Å². The zero-order valence-electron chi connectivity index (χ0n) is 26.2. The molecule has 0 aliphatic carbocycles. The molecule has 3 aromatic carbocycles. The van der Waals surface area contributed by atoms with Gasteiger partial charge in [-0.3, -0.25) is 14.7 Å². The Kier molecular flexibility index (Phi) is 10.4. The molecule has 11 nitrogen and oxygen atoms in total. The van der Waals surface area contributed by atoms with Crippen LogP contribution in [0, 0.1) is 0 Å². The van der Waals surface area contributed by atoms with Gasteiger partial charge in [-0.05, 0) is 74.9 Å². The number of benzene rings is 3. The first-order valence-electron chi connectivity index (χ1n) is 15.1. The average molecular weight is 616 g/mol. The minimum absolute atomic E-state index is 0.0428. The Labute approximate surface area is 263 Å². The van der Waals surface area contributed by atoms with Crippen LogP contribution in [0.15, 0.2) is 66.9 Å². The topological polar surface area (TPSA) is 129 Å². The summed E-state index contributed by atoms with van der Waals surface area (Å²) in [5.41, 5.74) is 9.17. The van der Waals surface area contributed by atoms with E-state index in [1.165, 1.54) is 0 Å². The molecule has 2 unspecified atom stereocenters. The number of nitrogens with zero attached hydrogens (tertiary/aromatic N) is 2. The van der Waals surface area contributed by atoms with Crippen molar-refractivity contribution in [3.8, 4) is 28.7 Å². The van der Waals surface area contributed by atoms with Crippen LogP contribution < -0.4 is 35.3 Å². The van der Waals surface area contributed by atoms with E-state index in [1.807, 2.05) is 36.4 Å². The van der Waals surface area contributed by atoms with Gasteiger partial charge in [0.2, 0.25) is 0 Å². The average Bonchev–Trinajstić information content (AvgIpc) is 3.04. The van der Waals surface area contributed by atoms with Crippen molar-refractivity contribution in [2.75, 3.05) is 58.1 Å². The van der Waals surface area contributed by atoms with Gasteiger partial charge in [0.15, 0.2) is 18.1 Å². The molecule has 2 atom stereocenters. The van der Waals surface area contributed by atoms with E-state index in [0.717, 1.165) is 48.3 Å². The third-order valence-corrected chi connectivity index (χ3v) is 7.39. The zero-order chi connectivity index (χ0) is 31.8. The molecule has 1 saturated heterocycles. The number of likely N-dealkylation sites (N-methyl/N-ethyl adjacent to an activating group) is 1. The van der Waals surface area contributed by atoms with Gasteiger partial charge in [0, 0.05) is 43.8 Å². The standard InChI is InChI=1S/C34H41N5O6/c1-22-19-39(20-23(2)44-22)14-5-15-42-32-17-30-28(16-31(32)41-4)34(29(35)18-37-30)38-24-6-8-26(9-7-24)45-27-12-10-25(11-13-27)43-21-33(40)36-3/h6-13,16-18,22-23H,5,14-15,19-21,35H2,1-4H3,(H,36,40)(H,37,38). The minimum Gasteiger partial charge on any atom is -0.493 e. The number of carbonyl (C=O) groups is 1. The smallest absolute Gasteiger partial charge is 0.257 e. The number of nitrogen functional groups attached to an aromatic ring is 1. The third-order valence-electron chi connectivity index (χ3n) is 7.39. The Hall–Kier alpha value is -4.74. The molecular formula is C34H41N5O6. The van der Waals surface area contributed by atoms with E-state index >= 15 is 0 Å². The van der Waals surface area contributed by atoms with Crippen LogP contribution in [0.3, 0.4) is 0 Å². The number of hydrogen-bond donors (Lipinski definition) is 3. The van der Waals surface area contributed by atoms with Gasteiger partial charge in [0.05, 0.1) is 49.0 Å². The molecule has 4 aromatic rings. The summed E-state index contributed by atoms with van der Waals surface area (Å²) in [7, 11) is 3.19. The maximum Gasteiger partial charge on any atom is 0.257 e. The SMILES string of the molecule is CNC(=O)COc1ccc(Oc2ccc(Nc3c(N)cnc4cc(OCCCN5CC(C)OC(C)C5)c(OC)cc34)cc2)cc1. The van der Waals surface area contributed by atoms with E-state index in [9.17, 15) is 4.79 Å². The van der Waals surface area contributed by atoms with E-state index in [1.54, 1.807) is 44.6 Å². The molecule has 0 saturated carbocycles. The van der Waals surface area contributed by atoms with Gasteiger partial charge in [0.1, 0.15) is 17.2 Å². The quantitative estimate of drug-likeness (QED) is 0.169. The Morgan fingerprint density at radius 2 is 1.64 bits per heavy atom. The van der Waals surface area contributed by atoms with Crippen molar-refractivity contribution in [3.05, 3.63) is 66.9 Å². The van der Waals surface area contributed by atoms with Crippen LogP contribution in [0.4, 0.5) is 17.1 Å². The van der Waals surface area contributed by atoms with E-state index in [-0.39, 0.29) is 24.7 Å². The van der Waals surface area contributed by atoms with Crippen molar-refractivity contribution in [2.24, 2.45) is 0 Å². The fraction of sp³-hybridized carbons (Fsp3) is 0.353. The number of pyridine rings is 1. The molecule has 11 heteroatoms. The van der Waals surface area contributed by atoms with E-state index < -0.39 is 0 Å².